The lowest BCUT2D eigenvalue weighted by molar-refractivity contribution is -0.133. The van der Waals surface area contributed by atoms with E-state index < -0.39 is 35.8 Å². The van der Waals surface area contributed by atoms with Gasteiger partial charge in [-0.25, -0.2) is 4.39 Å². The number of carbonyl (C=O) groups excluding carboxylic acids is 4. The van der Waals surface area contributed by atoms with Gasteiger partial charge < -0.3 is 21.3 Å². The van der Waals surface area contributed by atoms with Crippen LogP contribution < -0.4 is 21.3 Å². The molecule has 0 saturated heterocycles. The highest BCUT2D eigenvalue weighted by Crippen LogP contribution is 2.10. The molecule has 2 rings (SSSR count). The zero-order chi connectivity index (χ0) is 27.9. The van der Waals surface area contributed by atoms with Crippen molar-refractivity contribution in [3.8, 4) is 0 Å². The Bertz CT molecular complexity index is 1040. The Morgan fingerprint density at radius 3 is 2.11 bits per heavy atom. The Labute approximate surface area is 227 Å². The van der Waals surface area contributed by atoms with Crippen molar-refractivity contribution < 1.29 is 23.6 Å². The molecule has 0 fully saturated rings. The molecular weight excluding hydrogens is 507 g/mol. The van der Waals surface area contributed by atoms with Crippen LogP contribution in [0.15, 0.2) is 54.6 Å². The number of amides is 4. The average Bonchev–Trinajstić information content (AvgIpc) is 2.90. The van der Waals surface area contributed by atoms with Gasteiger partial charge in [-0.1, -0.05) is 56.3 Å². The Balaban J connectivity index is 2.17. The fourth-order valence-electron chi connectivity index (χ4n) is 3.83. The van der Waals surface area contributed by atoms with Gasteiger partial charge in [-0.2, -0.15) is 11.8 Å². The molecule has 3 atom stereocenters. The van der Waals surface area contributed by atoms with E-state index in [0.29, 0.717) is 30.6 Å². The van der Waals surface area contributed by atoms with Crippen molar-refractivity contribution in [2.75, 3.05) is 12.0 Å². The number of halogens is 1. The number of hydrogen-bond donors (Lipinski definition) is 4. The van der Waals surface area contributed by atoms with Crippen LogP contribution in [0.4, 0.5) is 4.39 Å². The van der Waals surface area contributed by atoms with Crippen molar-refractivity contribution in [3.05, 3.63) is 71.5 Å². The maximum atomic E-state index is 13.4. The lowest BCUT2D eigenvalue weighted by Gasteiger charge is -2.26. The molecule has 0 aliphatic heterocycles. The molecule has 2 aromatic carbocycles. The van der Waals surface area contributed by atoms with E-state index in [1.807, 2.05) is 50.4 Å². The van der Waals surface area contributed by atoms with Gasteiger partial charge >= 0.3 is 0 Å². The first-order valence-electron chi connectivity index (χ1n) is 12.6. The lowest BCUT2D eigenvalue weighted by Crippen LogP contribution is -2.57. The Morgan fingerprint density at radius 1 is 0.868 bits per heavy atom. The zero-order valence-electron chi connectivity index (χ0n) is 22.0. The molecule has 2 aromatic rings. The summed E-state index contributed by atoms with van der Waals surface area (Å²) in [4.78, 5) is 50.5. The van der Waals surface area contributed by atoms with Crippen molar-refractivity contribution in [2.45, 2.75) is 57.8 Å². The maximum Gasteiger partial charge on any atom is 0.243 e. The maximum absolute atomic E-state index is 13.4. The first kappa shape index (κ1) is 30.8. The average molecular weight is 545 g/mol. The van der Waals surface area contributed by atoms with Gasteiger partial charge in [-0.15, -0.1) is 0 Å². The SMILES string of the molecule is CSCC[C@H](NC=O)C(=O)N[C@H](CC(C)C)C(=O)N[C@@H](Cc1ccccc1)C(=O)NCc1ccc(F)cc1. The van der Waals surface area contributed by atoms with E-state index in [2.05, 4.69) is 21.3 Å². The number of thioether (sulfide) groups is 1. The highest BCUT2D eigenvalue weighted by Gasteiger charge is 2.29. The third kappa shape index (κ3) is 10.9. The molecular formula is C28H37FN4O4S. The third-order valence-electron chi connectivity index (χ3n) is 5.83. The van der Waals surface area contributed by atoms with Crippen LogP contribution in [-0.4, -0.2) is 54.3 Å². The summed E-state index contributed by atoms with van der Waals surface area (Å²) in [6.07, 6.45) is 3.39. The molecule has 0 heterocycles. The molecule has 0 radical (unpaired) electrons. The van der Waals surface area contributed by atoms with Crippen LogP contribution in [0.3, 0.4) is 0 Å². The van der Waals surface area contributed by atoms with E-state index in [1.165, 1.54) is 12.1 Å². The summed E-state index contributed by atoms with van der Waals surface area (Å²) in [6, 6.07) is 12.5. The molecule has 0 bridgehead atoms. The summed E-state index contributed by atoms with van der Waals surface area (Å²) in [5.74, 6) is -0.970. The van der Waals surface area contributed by atoms with E-state index in [4.69, 9.17) is 0 Å². The second-order valence-electron chi connectivity index (χ2n) is 9.40. The van der Waals surface area contributed by atoms with Gasteiger partial charge in [0.1, 0.15) is 23.9 Å². The summed E-state index contributed by atoms with van der Waals surface area (Å²) in [5.41, 5.74) is 1.57. The highest BCUT2D eigenvalue weighted by molar-refractivity contribution is 7.98. The van der Waals surface area contributed by atoms with Crippen molar-refractivity contribution in [3.63, 3.8) is 0 Å². The molecule has 0 aliphatic carbocycles. The topological polar surface area (TPSA) is 116 Å². The van der Waals surface area contributed by atoms with Crippen molar-refractivity contribution in [1.29, 1.82) is 0 Å². The molecule has 0 aromatic heterocycles. The minimum Gasteiger partial charge on any atom is -0.350 e. The van der Waals surface area contributed by atoms with E-state index in [9.17, 15) is 23.6 Å². The Kier molecular flexibility index (Phi) is 13.3. The Morgan fingerprint density at radius 2 is 1.50 bits per heavy atom. The van der Waals surface area contributed by atoms with Gasteiger partial charge in [0.25, 0.3) is 0 Å². The standard InChI is InChI=1S/C28H37FN4O4S/c1-19(2)15-24(32-27(36)23(31-18-34)13-14-38-3)28(37)33-25(16-20-7-5-4-6-8-20)26(35)30-17-21-9-11-22(29)12-10-21/h4-12,18-19,23-25H,13-17H2,1-3H3,(H,30,35)(H,31,34)(H,32,36)(H,33,37)/t23-,24+,25-/m0/s1. The van der Waals surface area contributed by atoms with Gasteiger partial charge in [0.2, 0.25) is 24.1 Å². The first-order valence-corrected chi connectivity index (χ1v) is 14.0. The van der Waals surface area contributed by atoms with Gasteiger partial charge in [0.05, 0.1) is 0 Å². The van der Waals surface area contributed by atoms with E-state index in [0.717, 1.165) is 5.56 Å². The Hall–Kier alpha value is -3.40. The predicted molar refractivity (Wildman–Crippen MR) is 148 cm³/mol. The monoisotopic (exact) mass is 544 g/mol. The fourth-order valence-corrected chi connectivity index (χ4v) is 4.30. The molecule has 10 heteroatoms. The minimum absolute atomic E-state index is 0.0783. The van der Waals surface area contributed by atoms with Gasteiger partial charge in [-0.3, -0.25) is 19.2 Å². The molecule has 206 valence electrons. The highest BCUT2D eigenvalue weighted by atomic mass is 32.2. The third-order valence-corrected chi connectivity index (χ3v) is 6.48. The van der Waals surface area contributed by atoms with Crippen molar-refractivity contribution in [1.82, 2.24) is 21.3 Å². The van der Waals surface area contributed by atoms with Crippen LogP contribution in [0.2, 0.25) is 0 Å². The quantitative estimate of drug-likeness (QED) is 0.243. The van der Waals surface area contributed by atoms with Crippen LogP contribution in [0.25, 0.3) is 0 Å². The molecule has 4 N–H and O–H groups in total. The van der Waals surface area contributed by atoms with Crippen LogP contribution >= 0.6 is 11.8 Å². The smallest absolute Gasteiger partial charge is 0.243 e. The van der Waals surface area contributed by atoms with Crippen LogP contribution in [-0.2, 0) is 32.1 Å². The van der Waals surface area contributed by atoms with Crippen LogP contribution in [0.1, 0.15) is 37.8 Å². The summed E-state index contributed by atoms with van der Waals surface area (Å²) >= 11 is 1.55. The van der Waals surface area contributed by atoms with E-state index >= 15 is 0 Å². The number of nitrogens with one attached hydrogen (secondary N) is 4. The first-order chi connectivity index (χ1) is 18.2. The second-order valence-corrected chi connectivity index (χ2v) is 10.4. The van der Waals surface area contributed by atoms with Crippen LogP contribution in [0.5, 0.6) is 0 Å². The number of hydrogen-bond acceptors (Lipinski definition) is 5. The molecule has 0 saturated carbocycles. The molecule has 0 spiro atoms. The van der Waals surface area contributed by atoms with E-state index in [1.54, 1.807) is 23.9 Å². The summed E-state index contributed by atoms with van der Waals surface area (Å²) in [7, 11) is 0. The normalized spacial score (nSPS) is 13.2. The summed E-state index contributed by atoms with van der Waals surface area (Å²) in [6.45, 7) is 4.03. The molecule has 0 unspecified atom stereocenters. The van der Waals surface area contributed by atoms with Crippen molar-refractivity contribution >= 4 is 35.9 Å². The molecule has 0 aliphatic rings. The lowest BCUT2D eigenvalue weighted by atomic mass is 10.0. The molecule has 38 heavy (non-hydrogen) atoms. The van der Waals surface area contributed by atoms with Gasteiger partial charge in [-0.05, 0) is 54.0 Å². The molecule has 4 amide bonds. The fraction of sp³-hybridized carbons (Fsp3) is 0.429. The van der Waals surface area contributed by atoms with Gasteiger partial charge in [0, 0.05) is 13.0 Å². The minimum atomic E-state index is -0.905. The number of rotatable bonds is 16. The van der Waals surface area contributed by atoms with Crippen LogP contribution in [0, 0.1) is 11.7 Å². The van der Waals surface area contributed by atoms with E-state index in [-0.39, 0.29) is 24.7 Å². The summed E-state index contributed by atoms with van der Waals surface area (Å²) in [5, 5.41) is 10.9. The largest absolute Gasteiger partial charge is 0.350 e. The number of benzene rings is 2. The summed E-state index contributed by atoms with van der Waals surface area (Å²) < 4.78 is 13.2. The molecule has 8 nitrogen and oxygen atoms in total. The van der Waals surface area contributed by atoms with Gasteiger partial charge in [0.15, 0.2) is 0 Å². The predicted octanol–water partition coefficient (Wildman–Crippen LogP) is 2.57. The number of carbonyl (C=O) groups is 4. The zero-order valence-corrected chi connectivity index (χ0v) is 22.9. The van der Waals surface area contributed by atoms with Crippen molar-refractivity contribution in [2.24, 2.45) is 5.92 Å². The second kappa shape index (κ2) is 16.4.